The third-order valence-corrected chi connectivity index (χ3v) is 4.04. The number of amides is 1. The van der Waals surface area contributed by atoms with Crippen LogP contribution in [0, 0.1) is 5.95 Å². The number of halogens is 4. The second kappa shape index (κ2) is 5.86. The lowest BCUT2D eigenvalue weighted by atomic mass is 10.2. The number of benzene rings is 1. The Bertz CT molecular complexity index is 652. The van der Waals surface area contributed by atoms with Crippen LogP contribution in [0.1, 0.15) is 10.4 Å². The zero-order chi connectivity index (χ0) is 14.0. The number of hydrogen-bond acceptors (Lipinski definition) is 2. The van der Waals surface area contributed by atoms with E-state index in [1.165, 1.54) is 12.3 Å². The van der Waals surface area contributed by atoms with Gasteiger partial charge < -0.3 is 5.32 Å². The standard InChI is InChI=1S/C12H6BrCl2FN2O/c13-7-1-2-8(11(15)10(7)14)18-12(19)6-3-4-17-9(16)5-6/h1-5H,(H,18,19). The second-order valence-electron chi connectivity index (χ2n) is 3.54. The van der Waals surface area contributed by atoms with Gasteiger partial charge in [-0.3, -0.25) is 4.79 Å². The fourth-order valence-electron chi connectivity index (χ4n) is 1.36. The van der Waals surface area contributed by atoms with Crippen molar-refractivity contribution < 1.29 is 9.18 Å². The molecule has 1 aromatic heterocycles. The first kappa shape index (κ1) is 14.2. The van der Waals surface area contributed by atoms with Crippen molar-refractivity contribution in [2.24, 2.45) is 0 Å². The average Bonchev–Trinajstić information content (AvgIpc) is 2.39. The van der Waals surface area contributed by atoms with Crippen LogP contribution in [0.5, 0.6) is 0 Å². The monoisotopic (exact) mass is 362 g/mol. The maximum absolute atomic E-state index is 12.9. The van der Waals surface area contributed by atoms with Crippen LogP contribution in [-0.2, 0) is 0 Å². The summed E-state index contributed by atoms with van der Waals surface area (Å²) in [5.74, 6) is -1.23. The molecule has 0 atom stereocenters. The molecule has 0 unspecified atom stereocenters. The number of anilines is 1. The van der Waals surface area contributed by atoms with E-state index in [-0.39, 0.29) is 10.6 Å². The number of hydrogen-bond donors (Lipinski definition) is 1. The molecular formula is C12H6BrCl2FN2O. The molecule has 0 spiro atoms. The van der Waals surface area contributed by atoms with Crippen LogP contribution in [0.15, 0.2) is 34.9 Å². The zero-order valence-electron chi connectivity index (χ0n) is 9.25. The average molecular weight is 364 g/mol. The van der Waals surface area contributed by atoms with Gasteiger partial charge in [-0.05, 0) is 34.1 Å². The van der Waals surface area contributed by atoms with Crippen LogP contribution >= 0.6 is 39.1 Å². The van der Waals surface area contributed by atoms with Gasteiger partial charge in [0.2, 0.25) is 5.95 Å². The molecule has 98 valence electrons. The van der Waals surface area contributed by atoms with Crippen molar-refractivity contribution in [3.05, 3.63) is 56.5 Å². The molecule has 1 amide bonds. The second-order valence-corrected chi connectivity index (χ2v) is 5.15. The molecule has 2 rings (SSSR count). The molecule has 1 aromatic carbocycles. The lowest BCUT2D eigenvalue weighted by molar-refractivity contribution is 0.102. The highest BCUT2D eigenvalue weighted by Gasteiger charge is 2.13. The SMILES string of the molecule is O=C(Nc1ccc(Br)c(Cl)c1Cl)c1ccnc(F)c1. The van der Waals surface area contributed by atoms with Crippen LogP contribution < -0.4 is 5.32 Å². The largest absolute Gasteiger partial charge is 0.321 e. The summed E-state index contributed by atoms with van der Waals surface area (Å²) in [6.45, 7) is 0. The number of carbonyl (C=O) groups is 1. The zero-order valence-corrected chi connectivity index (χ0v) is 12.4. The fraction of sp³-hybridized carbons (Fsp3) is 0. The number of pyridine rings is 1. The lowest BCUT2D eigenvalue weighted by Crippen LogP contribution is -2.12. The molecule has 0 bridgehead atoms. The van der Waals surface area contributed by atoms with Gasteiger partial charge in [0.05, 0.1) is 15.7 Å². The highest BCUT2D eigenvalue weighted by Crippen LogP contribution is 2.35. The van der Waals surface area contributed by atoms with Crippen LogP contribution in [0.25, 0.3) is 0 Å². The van der Waals surface area contributed by atoms with Crippen molar-refractivity contribution in [3.8, 4) is 0 Å². The predicted octanol–water partition coefficient (Wildman–Crippen LogP) is 4.54. The van der Waals surface area contributed by atoms with Gasteiger partial charge in [-0.2, -0.15) is 4.39 Å². The van der Waals surface area contributed by atoms with Gasteiger partial charge in [0, 0.05) is 22.3 Å². The Morgan fingerprint density at radius 1 is 1.26 bits per heavy atom. The van der Waals surface area contributed by atoms with Crippen LogP contribution in [0.4, 0.5) is 10.1 Å². The molecule has 0 saturated heterocycles. The first-order valence-corrected chi connectivity index (χ1v) is 6.60. The molecule has 0 aliphatic carbocycles. The Morgan fingerprint density at radius 3 is 2.68 bits per heavy atom. The van der Waals surface area contributed by atoms with Crippen molar-refractivity contribution in [2.75, 3.05) is 5.32 Å². The quantitative estimate of drug-likeness (QED) is 0.628. The highest BCUT2D eigenvalue weighted by atomic mass is 79.9. The van der Waals surface area contributed by atoms with E-state index >= 15 is 0 Å². The smallest absolute Gasteiger partial charge is 0.255 e. The first-order chi connectivity index (χ1) is 8.99. The Morgan fingerprint density at radius 2 is 2.00 bits per heavy atom. The van der Waals surface area contributed by atoms with E-state index in [4.69, 9.17) is 23.2 Å². The van der Waals surface area contributed by atoms with Crippen molar-refractivity contribution in [3.63, 3.8) is 0 Å². The molecule has 0 fully saturated rings. The maximum atomic E-state index is 12.9. The summed E-state index contributed by atoms with van der Waals surface area (Å²) in [4.78, 5) is 15.3. The van der Waals surface area contributed by atoms with Gasteiger partial charge >= 0.3 is 0 Å². The summed E-state index contributed by atoms with van der Waals surface area (Å²) in [6, 6.07) is 5.67. The molecule has 1 heterocycles. The third kappa shape index (κ3) is 3.23. The molecule has 0 radical (unpaired) electrons. The summed E-state index contributed by atoms with van der Waals surface area (Å²) >= 11 is 15.1. The van der Waals surface area contributed by atoms with Crippen LogP contribution in [0.3, 0.4) is 0 Å². The summed E-state index contributed by atoms with van der Waals surface area (Å²) in [5.41, 5.74) is 0.486. The first-order valence-electron chi connectivity index (χ1n) is 5.05. The highest BCUT2D eigenvalue weighted by molar-refractivity contribution is 9.10. The van der Waals surface area contributed by atoms with E-state index in [1.807, 2.05) is 0 Å². The van der Waals surface area contributed by atoms with E-state index in [1.54, 1.807) is 12.1 Å². The fourth-order valence-corrected chi connectivity index (χ4v) is 2.18. The lowest BCUT2D eigenvalue weighted by Gasteiger charge is -2.09. The summed E-state index contributed by atoms with van der Waals surface area (Å²) in [7, 11) is 0. The molecule has 0 aliphatic heterocycles. The minimum absolute atomic E-state index is 0.141. The maximum Gasteiger partial charge on any atom is 0.255 e. The molecule has 1 N–H and O–H groups in total. The minimum atomic E-state index is -0.729. The van der Waals surface area contributed by atoms with Gasteiger partial charge in [0.1, 0.15) is 0 Å². The normalized spacial score (nSPS) is 10.3. The van der Waals surface area contributed by atoms with E-state index in [9.17, 15) is 9.18 Å². The number of aromatic nitrogens is 1. The molecule has 7 heteroatoms. The van der Waals surface area contributed by atoms with Gasteiger partial charge in [-0.1, -0.05) is 23.2 Å². The Hall–Kier alpha value is -1.17. The van der Waals surface area contributed by atoms with E-state index in [0.29, 0.717) is 15.2 Å². The number of nitrogens with one attached hydrogen (secondary N) is 1. The van der Waals surface area contributed by atoms with Crippen molar-refractivity contribution in [2.45, 2.75) is 0 Å². The van der Waals surface area contributed by atoms with E-state index in [2.05, 4.69) is 26.2 Å². The van der Waals surface area contributed by atoms with Crippen LogP contribution in [0.2, 0.25) is 10.0 Å². The van der Waals surface area contributed by atoms with Gasteiger partial charge in [0.15, 0.2) is 0 Å². The van der Waals surface area contributed by atoms with Crippen LogP contribution in [-0.4, -0.2) is 10.9 Å². The van der Waals surface area contributed by atoms with Crippen molar-refractivity contribution in [1.29, 1.82) is 0 Å². The summed E-state index contributed by atoms with van der Waals surface area (Å²) < 4.78 is 13.5. The molecule has 0 aliphatic rings. The molecule has 2 aromatic rings. The molecule has 3 nitrogen and oxygen atoms in total. The summed E-state index contributed by atoms with van der Waals surface area (Å²) in [5, 5.41) is 3.05. The molecule has 0 saturated carbocycles. The Labute approximate surface area is 126 Å². The topological polar surface area (TPSA) is 42.0 Å². The van der Waals surface area contributed by atoms with Gasteiger partial charge in [0.25, 0.3) is 5.91 Å². The molecule has 19 heavy (non-hydrogen) atoms. The number of nitrogens with zero attached hydrogens (tertiary/aromatic N) is 1. The van der Waals surface area contributed by atoms with Crippen molar-refractivity contribution >= 4 is 50.7 Å². The Balaban J connectivity index is 2.27. The summed E-state index contributed by atoms with van der Waals surface area (Å²) in [6.07, 6.45) is 1.21. The van der Waals surface area contributed by atoms with Gasteiger partial charge in [-0.15, -0.1) is 0 Å². The van der Waals surface area contributed by atoms with Crippen molar-refractivity contribution in [1.82, 2.24) is 4.98 Å². The minimum Gasteiger partial charge on any atom is -0.321 e. The number of rotatable bonds is 2. The Kier molecular flexibility index (Phi) is 4.39. The van der Waals surface area contributed by atoms with Gasteiger partial charge in [-0.25, -0.2) is 4.98 Å². The predicted molar refractivity (Wildman–Crippen MR) is 76.3 cm³/mol. The van der Waals surface area contributed by atoms with E-state index in [0.717, 1.165) is 6.07 Å². The third-order valence-electron chi connectivity index (χ3n) is 2.27. The molecular weight excluding hydrogens is 358 g/mol. The van der Waals surface area contributed by atoms with E-state index < -0.39 is 11.9 Å². The number of carbonyl (C=O) groups excluding carboxylic acids is 1.